The molecule has 0 aliphatic rings. The van der Waals surface area contributed by atoms with Gasteiger partial charge in [-0.15, -0.1) is 0 Å². The Morgan fingerprint density at radius 1 is 1.12 bits per heavy atom. The second-order valence-electron chi connectivity index (χ2n) is 3.30. The van der Waals surface area contributed by atoms with Gasteiger partial charge in [0.05, 0.1) is 19.0 Å². The third-order valence-electron chi connectivity index (χ3n) is 2.09. The molecule has 0 amide bonds. The fraction of sp³-hybridized carbons (Fsp3) is 1.00. The van der Waals surface area contributed by atoms with Crippen LogP contribution in [0.3, 0.4) is 0 Å². The van der Waals surface area contributed by atoms with Crippen molar-refractivity contribution < 1.29 is 17.9 Å². The lowest BCUT2D eigenvalue weighted by molar-refractivity contribution is 0.150. The Morgan fingerprint density at radius 2 is 1.62 bits per heavy atom. The van der Waals surface area contributed by atoms with E-state index in [1.807, 2.05) is 0 Å². The molecular formula is C9H22N2O4S. The van der Waals surface area contributed by atoms with Crippen LogP contribution in [0.25, 0.3) is 0 Å². The number of hydrogen-bond acceptors (Lipinski definition) is 5. The highest BCUT2D eigenvalue weighted by Crippen LogP contribution is 2.01. The minimum Gasteiger partial charge on any atom is -0.383 e. The summed E-state index contributed by atoms with van der Waals surface area (Å²) in [7, 11) is 1.61. The van der Waals surface area contributed by atoms with E-state index in [9.17, 15) is 8.42 Å². The highest BCUT2D eigenvalue weighted by atomic mass is 32.2. The lowest BCUT2D eigenvalue weighted by Gasteiger charge is -2.21. The number of sulfonamides is 1. The Balaban J connectivity index is 4.33. The van der Waals surface area contributed by atoms with Gasteiger partial charge in [-0.05, 0) is 7.05 Å². The molecule has 0 saturated carbocycles. The second kappa shape index (κ2) is 8.89. The molecule has 0 aromatic carbocycles. The van der Waals surface area contributed by atoms with Gasteiger partial charge in [-0.25, -0.2) is 8.42 Å². The molecule has 0 heterocycles. The van der Waals surface area contributed by atoms with Crippen molar-refractivity contribution in [3.05, 3.63) is 0 Å². The maximum Gasteiger partial charge on any atom is 0.215 e. The number of methoxy groups -OCH3 is 2. The van der Waals surface area contributed by atoms with Crippen molar-refractivity contribution >= 4 is 10.0 Å². The Hall–Kier alpha value is -0.210. The summed E-state index contributed by atoms with van der Waals surface area (Å²) in [6.07, 6.45) is 0. The smallest absolute Gasteiger partial charge is 0.215 e. The first-order valence-corrected chi connectivity index (χ1v) is 6.79. The van der Waals surface area contributed by atoms with Crippen molar-refractivity contribution in [1.82, 2.24) is 9.62 Å². The van der Waals surface area contributed by atoms with Crippen LogP contribution in [0.5, 0.6) is 0 Å². The summed E-state index contributed by atoms with van der Waals surface area (Å²) in [6.45, 7) is 1.96. The Labute approximate surface area is 98.0 Å². The normalized spacial score (nSPS) is 12.2. The average Bonchev–Trinajstić information content (AvgIpc) is 2.26. The van der Waals surface area contributed by atoms with Crippen LogP contribution < -0.4 is 5.32 Å². The molecule has 0 fully saturated rings. The molecule has 0 bridgehead atoms. The van der Waals surface area contributed by atoms with Crippen LogP contribution >= 0.6 is 0 Å². The molecule has 0 saturated heterocycles. The summed E-state index contributed by atoms with van der Waals surface area (Å²) in [4.78, 5) is 0. The highest BCUT2D eigenvalue weighted by Gasteiger charge is 2.20. The number of nitrogens with zero attached hydrogens (tertiary/aromatic N) is 1. The van der Waals surface area contributed by atoms with Gasteiger partial charge in [0.2, 0.25) is 10.0 Å². The topological polar surface area (TPSA) is 67.9 Å². The second-order valence-corrected chi connectivity index (χ2v) is 5.39. The minimum absolute atomic E-state index is 0.0942. The van der Waals surface area contributed by atoms with Gasteiger partial charge in [0, 0.05) is 33.9 Å². The van der Waals surface area contributed by atoms with Crippen molar-refractivity contribution in [2.75, 3.05) is 59.9 Å². The van der Waals surface area contributed by atoms with E-state index in [4.69, 9.17) is 9.47 Å². The first-order valence-electron chi connectivity index (χ1n) is 5.18. The quantitative estimate of drug-likeness (QED) is 0.549. The summed E-state index contributed by atoms with van der Waals surface area (Å²) in [6, 6.07) is 0. The number of hydrogen-bond donors (Lipinski definition) is 1. The lowest BCUT2D eigenvalue weighted by Crippen LogP contribution is -2.39. The third-order valence-corrected chi connectivity index (χ3v) is 3.96. The molecule has 7 heteroatoms. The summed E-state index contributed by atoms with van der Waals surface area (Å²) < 4.78 is 34.9. The molecule has 0 aromatic heterocycles. The van der Waals surface area contributed by atoms with Crippen molar-refractivity contribution in [2.24, 2.45) is 0 Å². The molecular weight excluding hydrogens is 232 g/mol. The molecule has 0 unspecified atom stereocenters. The number of rotatable bonds is 10. The van der Waals surface area contributed by atoms with Gasteiger partial charge in [-0.1, -0.05) is 0 Å². The molecule has 0 radical (unpaired) electrons. The Morgan fingerprint density at radius 3 is 2.00 bits per heavy atom. The zero-order chi connectivity index (χ0) is 12.4. The summed E-state index contributed by atoms with van der Waals surface area (Å²) in [5.74, 6) is 0.0942. The van der Waals surface area contributed by atoms with Crippen LogP contribution in [0.4, 0.5) is 0 Å². The van der Waals surface area contributed by atoms with Crippen LogP contribution in [0.1, 0.15) is 0 Å². The first-order chi connectivity index (χ1) is 7.58. The van der Waals surface area contributed by atoms with Crippen LogP contribution in [0, 0.1) is 0 Å². The SMILES string of the molecule is CNCCS(=O)(=O)N(CCOC)CCOC. The monoisotopic (exact) mass is 254 g/mol. The summed E-state index contributed by atoms with van der Waals surface area (Å²) in [5, 5.41) is 2.82. The summed E-state index contributed by atoms with van der Waals surface area (Å²) in [5.41, 5.74) is 0. The molecule has 6 nitrogen and oxygen atoms in total. The number of nitrogens with one attached hydrogen (secondary N) is 1. The largest absolute Gasteiger partial charge is 0.383 e. The maximum atomic E-state index is 11.9. The van der Waals surface area contributed by atoms with E-state index in [0.29, 0.717) is 32.8 Å². The molecule has 0 rings (SSSR count). The predicted octanol–water partition coefficient (Wildman–Crippen LogP) is -0.870. The van der Waals surface area contributed by atoms with Crippen molar-refractivity contribution in [2.45, 2.75) is 0 Å². The molecule has 0 spiro atoms. The van der Waals surface area contributed by atoms with Crippen LogP contribution in [-0.2, 0) is 19.5 Å². The van der Waals surface area contributed by atoms with Crippen LogP contribution in [0.2, 0.25) is 0 Å². The standard InChI is InChI=1S/C9H22N2O4S/c1-10-4-9-16(12,13)11(5-7-14-2)6-8-15-3/h10H,4-9H2,1-3H3. The Kier molecular flexibility index (Phi) is 8.77. The lowest BCUT2D eigenvalue weighted by atomic mass is 10.6. The van der Waals surface area contributed by atoms with Crippen molar-refractivity contribution in [3.63, 3.8) is 0 Å². The first kappa shape index (κ1) is 15.8. The van der Waals surface area contributed by atoms with E-state index in [1.165, 1.54) is 4.31 Å². The third kappa shape index (κ3) is 6.39. The number of ether oxygens (including phenoxy) is 2. The maximum absolute atomic E-state index is 11.9. The molecule has 16 heavy (non-hydrogen) atoms. The minimum atomic E-state index is -3.22. The van der Waals surface area contributed by atoms with Crippen molar-refractivity contribution in [3.8, 4) is 0 Å². The zero-order valence-corrected chi connectivity index (χ0v) is 11.0. The van der Waals surface area contributed by atoms with E-state index in [1.54, 1.807) is 21.3 Å². The fourth-order valence-corrected chi connectivity index (χ4v) is 2.56. The van der Waals surface area contributed by atoms with Crippen molar-refractivity contribution in [1.29, 1.82) is 0 Å². The van der Waals surface area contributed by atoms with E-state index < -0.39 is 10.0 Å². The van der Waals surface area contributed by atoms with Crippen LogP contribution in [-0.4, -0.2) is 72.6 Å². The zero-order valence-electron chi connectivity index (χ0n) is 10.2. The van der Waals surface area contributed by atoms with Gasteiger partial charge in [0.1, 0.15) is 0 Å². The molecule has 0 aromatic rings. The van der Waals surface area contributed by atoms with Gasteiger partial charge in [-0.3, -0.25) is 0 Å². The van der Waals surface area contributed by atoms with E-state index in [2.05, 4.69) is 5.32 Å². The fourth-order valence-electron chi connectivity index (χ4n) is 1.14. The van der Waals surface area contributed by atoms with Gasteiger partial charge in [0.25, 0.3) is 0 Å². The van der Waals surface area contributed by atoms with Crippen LogP contribution in [0.15, 0.2) is 0 Å². The Bertz CT molecular complexity index is 248. The highest BCUT2D eigenvalue weighted by molar-refractivity contribution is 7.89. The molecule has 0 aliphatic heterocycles. The molecule has 0 aliphatic carbocycles. The van der Waals surface area contributed by atoms with Gasteiger partial charge >= 0.3 is 0 Å². The molecule has 1 N–H and O–H groups in total. The molecule has 98 valence electrons. The van der Waals surface area contributed by atoms with E-state index in [0.717, 1.165) is 0 Å². The van der Waals surface area contributed by atoms with Gasteiger partial charge < -0.3 is 14.8 Å². The van der Waals surface area contributed by atoms with Gasteiger partial charge in [-0.2, -0.15) is 4.31 Å². The van der Waals surface area contributed by atoms with E-state index >= 15 is 0 Å². The van der Waals surface area contributed by atoms with Gasteiger partial charge in [0.15, 0.2) is 0 Å². The average molecular weight is 254 g/mol. The molecule has 0 atom stereocenters. The van der Waals surface area contributed by atoms with E-state index in [-0.39, 0.29) is 5.75 Å². The summed E-state index contributed by atoms with van der Waals surface area (Å²) >= 11 is 0. The predicted molar refractivity (Wildman–Crippen MR) is 63.0 cm³/mol.